The summed E-state index contributed by atoms with van der Waals surface area (Å²) in [4.78, 5) is 10.6. The Morgan fingerprint density at radius 1 is 1.46 bits per heavy atom. The SMILES string of the molecule is CC(C)(CNC(=O)Cl)C1CCCC1. The number of hydrogen-bond donors (Lipinski definition) is 1. The monoisotopic (exact) mass is 203 g/mol. The highest BCUT2D eigenvalue weighted by Gasteiger charge is 2.31. The molecule has 0 heterocycles. The molecule has 0 bridgehead atoms. The van der Waals surface area contributed by atoms with E-state index in [1.165, 1.54) is 25.7 Å². The van der Waals surface area contributed by atoms with Crippen LogP contribution >= 0.6 is 11.6 Å². The van der Waals surface area contributed by atoms with E-state index < -0.39 is 5.37 Å². The van der Waals surface area contributed by atoms with Gasteiger partial charge >= 0.3 is 5.37 Å². The third-order valence-corrected chi connectivity index (χ3v) is 3.28. The van der Waals surface area contributed by atoms with Crippen LogP contribution in [0, 0.1) is 11.3 Å². The Bertz CT molecular complexity index is 185. The van der Waals surface area contributed by atoms with Crippen molar-refractivity contribution in [3.63, 3.8) is 0 Å². The molecule has 76 valence electrons. The van der Waals surface area contributed by atoms with Gasteiger partial charge < -0.3 is 5.32 Å². The second kappa shape index (κ2) is 4.32. The number of halogens is 1. The van der Waals surface area contributed by atoms with Crippen molar-refractivity contribution in [3.8, 4) is 0 Å². The number of amides is 1. The standard InChI is InChI=1S/C10H18ClNO/c1-10(2,7-12-9(11)13)8-5-3-4-6-8/h8H,3-7H2,1-2H3,(H,12,13). The molecule has 0 aromatic heterocycles. The summed E-state index contributed by atoms with van der Waals surface area (Å²) in [7, 11) is 0. The van der Waals surface area contributed by atoms with Crippen LogP contribution in [0.4, 0.5) is 4.79 Å². The molecule has 1 fully saturated rings. The summed E-state index contributed by atoms with van der Waals surface area (Å²) in [6.07, 6.45) is 5.27. The highest BCUT2D eigenvalue weighted by Crippen LogP contribution is 2.38. The van der Waals surface area contributed by atoms with Crippen LogP contribution < -0.4 is 5.32 Å². The van der Waals surface area contributed by atoms with Crippen molar-refractivity contribution >= 4 is 17.0 Å². The first kappa shape index (κ1) is 10.8. The quantitative estimate of drug-likeness (QED) is 0.554. The number of carbonyl (C=O) groups excluding carboxylic acids is 1. The molecule has 0 aromatic rings. The molecule has 2 nitrogen and oxygen atoms in total. The molecule has 0 aliphatic heterocycles. The molecular weight excluding hydrogens is 186 g/mol. The van der Waals surface area contributed by atoms with Crippen molar-refractivity contribution in [3.05, 3.63) is 0 Å². The molecule has 0 saturated heterocycles. The van der Waals surface area contributed by atoms with Gasteiger partial charge in [0.25, 0.3) is 0 Å². The molecule has 1 aliphatic rings. The lowest BCUT2D eigenvalue weighted by atomic mass is 9.78. The maximum atomic E-state index is 10.6. The summed E-state index contributed by atoms with van der Waals surface area (Å²) < 4.78 is 0. The number of nitrogens with one attached hydrogen (secondary N) is 1. The zero-order valence-electron chi connectivity index (χ0n) is 8.40. The lowest BCUT2D eigenvalue weighted by molar-refractivity contribution is 0.207. The van der Waals surface area contributed by atoms with Crippen LogP contribution in [0.3, 0.4) is 0 Å². The van der Waals surface area contributed by atoms with E-state index in [0.717, 1.165) is 5.92 Å². The molecule has 1 aliphatic carbocycles. The van der Waals surface area contributed by atoms with Crippen molar-refractivity contribution in [2.45, 2.75) is 39.5 Å². The van der Waals surface area contributed by atoms with Crippen LogP contribution in [0.5, 0.6) is 0 Å². The molecule has 0 unspecified atom stereocenters. The van der Waals surface area contributed by atoms with E-state index in [9.17, 15) is 4.79 Å². The van der Waals surface area contributed by atoms with Crippen LogP contribution in [0.15, 0.2) is 0 Å². The van der Waals surface area contributed by atoms with E-state index >= 15 is 0 Å². The Morgan fingerprint density at radius 2 is 2.00 bits per heavy atom. The first-order chi connectivity index (χ1) is 6.02. The number of carbonyl (C=O) groups is 1. The van der Waals surface area contributed by atoms with Gasteiger partial charge in [-0.25, -0.2) is 0 Å². The topological polar surface area (TPSA) is 29.1 Å². The summed E-state index contributed by atoms with van der Waals surface area (Å²) in [5, 5.41) is 2.25. The number of hydrogen-bond acceptors (Lipinski definition) is 1. The Morgan fingerprint density at radius 3 is 2.46 bits per heavy atom. The smallest absolute Gasteiger partial charge is 0.313 e. The molecular formula is C10H18ClNO. The molecule has 13 heavy (non-hydrogen) atoms. The van der Waals surface area contributed by atoms with Crippen LogP contribution in [-0.4, -0.2) is 11.9 Å². The van der Waals surface area contributed by atoms with Crippen molar-refractivity contribution < 1.29 is 4.79 Å². The van der Waals surface area contributed by atoms with E-state index in [0.29, 0.717) is 6.54 Å². The lowest BCUT2D eigenvalue weighted by Gasteiger charge is -2.31. The predicted octanol–water partition coefficient (Wildman–Crippen LogP) is 3.15. The average Bonchev–Trinajstić information content (AvgIpc) is 2.53. The maximum absolute atomic E-state index is 10.6. The van der Waals surface area contributed by atoms with E-state index in [-0.39, 0.29) is 5.41 Å². The Kier molecular flexibility index (Phi) is 3.60. The first-order valence-electron chi connectivity index (χ1n) is 4.96. The van der Waals surface area contributed by atoms with Gasteiger partial charge in [0.2, 0.25) is 0 Å². The fourth-order valence-corrected chi connectivity index (χ4v) is 2.22. The molecule has 1 amide bonds. The third kappa shape index (κ3) is 3.18. The average molecular weight is 204 g/mol. The minimum atomic E-state index is -0.439. The summed E-state index contributed by atoms with van der Waals surface area (Å²) in [5.74, 6) is 0.746. The first-order valence-corrected chi connectivity index (χ1v) is 5.33. The van der Waals surface area contributed by atoms with Gasteiger partial charge in [-0.05, 0) is 35.8 Å². The molecule has 0 radical (unpaired) electrons. The van der Waals surface area contributed by atoms with Gasteiger partial charge in [0, 0.05) is 6.54 Å². The van der Waals surface area contributed by atoms with E-state index in [1.807, 2.05) is 0 Å². The number of rotatable bonds is 3. The maximum Gasteiger partial charge on any atom is 0.313 e. The lowest BCUT2D eigenvalue weighted by Crippen LogP contribution is -2.35. The van der Waals surface area contributed by atoms with Crippen LogP contribution in [-0.2, 0) is 0 Å². The normalized spacial score (nSPS) is 19.0. The minimum Gasteiger partial charge on any atom is -0.342 e. The summed E-state index contributed by atoms with van der Waals surface area (Å²) in [6.45, 7) is 5.10. The van der Waals surface area contributed by atoms with E-state index in [4.69, 9.17) is 11.6 Å². The predicted molar refractivity (Wildman–Crippen MR) is 55.0 cm³/mol. The minimum absolute atomic E-state index is 0.195. The molecule has 0 aromatic carbocycles. The summed E-state index contributed by atoms with van der Waals surface area (Å²) in [5.41, 5.74) is 0.195. The molecule has 0 atom stereocenters. The summed E-state index contributed by atoms with van der Waals surface area (Å²) >= 11 is 5.24. The third-order valence-electron chi connectivity index (χ3n) is 3.14. The zero-order valence-corrected chi connectivity index (χ0v) is 9.16. The summed E-state index contributed by atoms with van der Waals surface area (Å²) in [6, 6.07) is 0. The van der Waals surface area contributed by atoms with Crippen LogP contribution in [0.2, 0.25) is 0 Å². The van der Waals surface area contributed by atoms with Crippen LogP contribution in [0.1, 0.15) is 39.5 Å². The Balaban J connectivity index is 2.39. The Hall–Kier alpha value is -0.240. The zero-order chi connectivity index (χ0) is 9.90. The van der Waals surface area contributed by atoms with Gasteiger partial charge in [-0.3, -0.25) is 4.79 Å². The van der Waals surface area contributed by atoms with Gasteiger partial charge in [-0.2, -0.15) is 0 Å². The second-order valence-electron chi connectivity index (χ2n) is 4.60. The van der Waals surface area contributed by atoms with E-state index in [2.05, 4.69) is 19.2 Å². The highest BCUT2D eigenvalue weighted by atomic mass is 35.5. The Labute approximate surface area is 85.0 Å². The molecule has 3 heteroatoms. The molecule has 1 N–H and O–H groups in total. The fraction of sp³-hybridized carbons (Fsp3) is 0.900. The molecule has 1 rings (SSSR count). The largest absolute Gasteiger partial charge is 0.342 e. The van der Waals surface area contributed by atoms with Gasteiger partial charge in [0.05, 0.1) is 0 Å². The van der Waals surface area contributed by atoms with Gasteiger partial charge in [-0.15, -0.1) is 0 Å². The second-order valence-corrected chi connectivity index (χ2v) is 4.94. The van der Waals surface area contributed by atoms with Gasteiger partial charge in [-0.1, -0.05) is 26.7 Å². The van der Waals surface area contributed by atoms with Gasteiger partial charge in [0.15, 0.2) is 0 Å². The molecule has 1 saturated carbocycles. The molecule has 0 spiro atoms. The van der Waals surface area contributed by atoms with Crippen molar-refractivity contribution in [1.29, 1.82) is 0 Å². The van der Waals surface area contributed by atoms with Crippen molar-refractivity contribution in [1.82, 2.24) is 5.32 Å². The van der Waals surface area contributed by atoms with E-state index in [1.54, 1.807) is 0 Å². The van der Waals surface area contributed by atoms with Crippen LogP contribution in [0.25, 0.3) is 0 Å². The fourth-order valence-electron chi connectivity index (χ4n) is 2.15. The van der Waals surface area contributed by atoms with Crippen molar-refractivity contribution in [2.75, 3.05) is 6.54 Å². The van der Waals surface area contributed by atoms with Gasteiger partial charge in [0.1, 0.15) is 0 Å². The highest BCUT2D eigenvalue weighted by molar-refractivity contribution is 6.62. The van der Waals surface area contributed by atoms with Crippen molar-refractivity contribution in [2.24, 2.45) is 11.3 Å².